The van der Waals surface area contributed by atoms with E-state index in [9.17, 15) is 4.79 Å². The van der Waals surface area contributed by atoms with Crippen LogP contribution >= 0.6 is 0 Å². The molecule has 1 unspecified atom stereocenters. The molecule has 1 aliphatic carbocycles. The number of benzene rings is 1. The van der Waals surface area contributed by atoms with Crippen LogP contribution < -0.4 is 15.4 Å². The molecular formula is C16H22N2O2. The second kappa shape index (κ2) is 5.35. The minimum Gasteiger partial charge on any atom is -0.477 e. The number of amides is 1. The minimum atomic E-state index is -0.435. The van der Waals surface area contributed by atoms with Crippen LogP contribution in [-0.2, 0) is 4.79 Å². The molecule has 1 aromatic rings. The highest BCUT2D eigenvalue weighted by Crippen LogP contribution is 2.36. The highest BCUT2D eigenvalue weighted by molar-refractivity contribution is 5.83. The van der Waals surface area contributed by atoms with Crippen LogP contribution in [0.5, 0.6) is 5.75 Å². The van der Waals surface area contributed by atoms with E-state index in [0.717, 1.165) is 18.0 Å². The molecule has 3 rings (SSSR count). The first-order chi connectivity index (χ1) is 9.66. The number of para-hydroxylation sites is 2. The molecule has 1 fully saturated rings. The van der Waals surface area contributed by atoms with Crippen LogP contribution in [0.4, 0.5) is 5.69 Å². The summed E-state index contributed by atoms with van der Waals surface area (Å²) >= 11 is 0. The first-order valence-electron chi connectivity index (χ1n) is 7.44. The Morgan fingerprint density at radius 2 is 2.15 bits per heavy atom. The van der Waals surface area contributed by atoms with Gasteiger partial charge in [0.2, 0.25) is 0 Å². The third-order valence-electron chi connectivity index (χ3n) is 4.43. The van der Waals surface area contributed by atoms with E-state index in [1.807, 2.05) is 24.3 Å². The molecule has 1 aromatic carbocycles. The summed E-state index contributed by atoms with van der Waals surface area (Å²) < 4.78 is 5.77. The summed E-state index contributed by atoms with van der Waals surface area (Å²) in [5, 5.41) is 6.31. The van der Waals surface area contributed by atoms with Crippen LogP contribution in [0.3, 0.4) is 0 Å². The van der Waals surface area contributed by atoms with E-state index in [1.54, 1.807) is 0 Å². The number of ether oxygens (including phenoxy) is 1. The van der Waals surface area contributed by atoms with Gasteiger partial charge >= 0.3 is 0 Å². The summed E-state index contributed by atoms with van der Waals surface area (Å²) in [4.78, 5) is 12.2. The Hall–Kier alpha value is -1.71. The molecule has 4 nitrogen and oxygen atoms in total. The molecule has 1 saturated carbocycles. The molecule has 0 aromatic heterocycles. The maximum atomic E-state index is 12.2. The van der Waals surface area contributed by atoms with Crippen LogP contribution in [0.25, 0.3) is 0 Å². The third kappa shape index (κ3) is 2.74. The summed E-state index contributed by atoms with van der Waals surface area (Å²) in [6.45, 7) is 3.54. The molecule has 0 saturated heterocycles. The maximum absolute atomic E-state index is 12.2. The SMILES string of the molecule is CC1(CNC(=O)C2CNc3ccccc3O2)CCCC1. The predicted octanol–water partition coefficient (Wildman–Crippen LogP) is 2.56. The van der Waals surface area contributed by atoms with Gasteiger partial charge in [-0.1, -0.05) is 31.9 Å². The van der Waals surface area contributed by atoms with Crippen molar-refractivity contribution in [3.8, 4) is 5.75 Å². The summed E-state index contributed by atoms with van der Waals surface area (Å²) in [6.07, 6.45) is 4.54. The van der Waals surface area contributed by atoms with Crippen LogP contribution in [0.15, 0.2) is 24.3 Å². The molecule has 1 heterocycles. The molecule has 1 atom stereocenters. The highest BCUT2D eigenvalue weighted by atomic mass is 16.5. The van der Waals surface area contributed by atoms with Crippen molar-refractivity contribution in [1.82, 2.24) is 5.32 Å². The molecule has 1 amide bonds. The van der Waals surface area contributed by atoms with Crippen LogP contribution in [0.1, 0.15) is 32.6 Å². The van der Waals surface area contributed by atoms with E-state index in [0.29, 0.717) is 6.54 Å². The maximum Gasteiger partial charge on any atom is 0.262 e. The number of anilines is 1. The van der Waals surface area contributed by atoms with Crippen molar-refractivity contribution < 1.29 is 9.53 Å². The first kappa shape index (κ1) is 13.3. The Morgan fingerprint density at radius 1 is 1.40 bits per heavy atom. The number of rotatable bonds is 3. The molecule has 20 heavy (non-hydrogen) atoms. The van der Waals surface area contributed by atoms with Crippen LogP contribution in [0, 0.1) is 5.41 Å². The van der Waals surface area contributed by atoms with Gasteiger partial charge in [0.25, 0.3) is 5.91 Å². The molecule has 2 N–H and O–H groups in total. The number of carbonyl (C=O) groups is 1. The van der Waals surface area contributed by atoms with Gasteiger partial charge in [-0.2, -0.15) is 0 Å². The van der Waals surface area contributed by atoms with Gasteiger partial charge in [-0.3, -0.25) is 4.79 Å². The summed E-state index contributed by atoms with van der Waals surface area (Å²) in [6, 6.07) is 7.72. The van der Waals surface area contributed by atoms with Crippen molar-refractivity contribution in [1.29, 1.82) is 0 Å². The van der Waals surface area contributed by atoms with Crippen molar-refractivity contribution >= 4 is 11.6 Å². The van der Waals surface area contributed by atoms with Crippen LogP contribution in [-0.4, -0.2) is 25.1 Å². The Balaban J connectivity index is 1.56. The lowest BCUT2D eigenvalue weighted by molar-refractivity contribution is -0.128. The minimum absolute atomic E-state index is 0.0138. The van der Waals surface area contributed by atoms with E-state index in [-0.39, 0.29) is 11.3 Å². The smallest absolute Gasteiger partial charge is 0.262 e. The molecular weight excluding hydrogens is 252 g/mol. The van der Waals surface area contributed by atoms with Crippen molar-refractivity contribution in [2.75, 3.05) is 18.4 Å². The highest BCUT2D eigenvalue weighted by Gasteiger charge is 2.31. The monoisotopic (exact) mass is 274 g/mol. The van der Waals surface area contributed by atoms with Crippen molar-refractivity contribution in [2.24, 2.45) is 5.41 Å². The lowest BCUT2D eigenvalue weighted by Crippen LogP contribution is -2.47. The van der Waals surface area contributed by atoms with E-state index >= 15 is 0 Å². The van der Waals surface area contributed by atoms with E-state index in [1.165, 1.54) is 25.7 Å². The first-order valence-corrected chi connectivity index (χ1v) is 7.44. The Bertz CT molecular complexity index is 495. The number of hydrogen-bond acceptors (Lipinski definition) is 3. The topological polar surface area (TPSA) is 50.4 Å². The molecule has 0 spiro atoms. The standard InChI is InChI=1S/C16H22N2O2/c1-16(8-4-5-9-16)11-18-15(19)14-10-17-12-6-2-3-7-13(12)20-14/h2-3,6-7,14,17H,4-5,8-11H2,1H3,(H,18,19). The number of carbonyl (C=O) groups excluding carboxylic acids is 1. The zero-order valence-electron chi connectivity index (χ0n) is 11.9. The lowest BCUT2D eigenvalue weighted by atomic mass is 9.89. The molecule has 4 heteroatoms. The Labute approximate surface area is 119 Å². The Kier molecular flexibility index (Phi) is 3.55. The molecule has 1 aliphatic heterocycles. The summed E-state index contributed by atoms with van der Waals surface area (Å²) in [5.41, 5.74) is 1.23. The van der Waals surface area contributed by atoms with Gasteiger partial charge in [0.1, 0.15) is 5.75 Å². The van der Waals surface area contributed by atoms with Crippen molar-refractivity contribution in [3.63, 3.8) is 0 Å². The molecule has 0 bridgehead atoms. The lowest BCUT2D eigenvalue weighted by Gasteiger charge is -2.29. The largest absolute Gasteiger partial charge is 0.477 e. The van der Waals surface area contributed by atoms with Crippen molar-refractivity contribution in [2.45, 2.75) is 38.7 Å². The van der Waals surface area contributed by atoms with Gasteiger partial charge < -0.3 is 15.4 Å². The third-order valence-corrected chi connectivity index (χ3v) is 4.43. The second-order valence-corrected chi connectivity index (χ2v) is 6.22. The molecule has 108 valence electrons. The van der Waals surface area contributed by atoms with Gasteiger partial charge in [0, 0.05) is 6.54 Å². The van der Waals surface area contributed by atoms with Gasteiger partial charge in [-0.05, 0) is 30.4 Å². The predicted molar refractivity (Wildman–Crippen MR) is 78.9 cm³/mol. The second-order valence-electron chi connectivity index (χ2n) is 6.22. The van der Waals surface area contributed by atoms with E-state index in [4.69, 9.17) is 4.74 Å². The fraction of sp³-hybridized carbons (Fsp3) is 0.562. The number of hydrogen-bond donors (Lipinski definition) is 2. The van der Waals surface area contributed by atoms with E-state index < -0.39 is 6.10 Å². The van der Waals surface area contributed by atoms with Gasteiger partial charge in [0.05, 0.1) is 12.2 Å². The summed E-state index contributed by atoms with van der Waals surface area (Å²) in [7, 11) is 0. The van der Waals surface area contributed by atoms with E-state index in [2.05, 4.69) is 17.6 Å². The Morgan fingerprint density at radius 3 is 2.95 bits per heavy atom. The quantitative estimate of drug-likeness (QED) is 0.890. The molecule has 0 radical (unpaired) electrons. The van der Waals surface area contributed by atoms with Gasteiger partial charge in [0.15, 0.2) is 6.10 Å². The molecule has 2 aliphatic rings. The number of fused-ring (bicyclic) bond motifs is 1. The van der Waals surface area contributed by atoms with Crippen molar-refractivity contribution in [3.05, 3.63) is 24.3 Å². The average molecular weight is 274 g/mol. The fourth-order valence-corrected chi connectivity index (χ4v) is 3.08. The zero-order valence-corrected chi connectivity index (χ0v) is 11.9. The number of nitrogens with one attached hydrogen (secondary N) is 2. The van der Waals surface area contributed by atoms with Gasteiger partial charge in [-0.15, -0.1) is 0 Å². The zero-order chi connectivity index (χ0) is 14.0. The summed E-state index contributed by atoms with van der Waals surface area (Å²) in [5.74, 6) is 0.742. The van der Waals surface area contributed by atoms with Crippen LogP contribution in [0.2, 0.25) is 0 Å². The average Bonchev–Trinajstić information content (AvgIpc) is 2.91. The normalized spacial score (nSPS) is 23.4. The van der Waals surface area contributed by atoms with Gasteiger partial charge in [-0.25, -0.2) is 0 Å². The fourth-order valence-electron chi connectivity index (χ4n) is 3.08.